The molecule has 0 bridgehead atoms. The van der Waals surface area contributed by atoms with E-state index in [1.165, 1.54) is 29.6 Å². The smallest absolute Gasteiger partial charge is 0.252 e. The van der Waals surface area contributed by atoms with Crippen molar-refractivity contribution < 1.29 is 21.6 Å². The third kappa shape index (κ3) is 2.89. The molecule has 1 saturated heterocycles. The number of sulfonamides is 1. The summed E-state index contributed by atoms with van der Waals surface area (Å²) in [6, 6.07) is 9.28. The summed E-state index contributed by atoms with van der Waals surface area (Å²) >= 11 is 1.12. The van der Waals surface area contributed by atoms with Crippen LogP contribution >= 0.6 is 11.3 Å². The van der Waals surface area contributed by atoms with Crippen LogP contribution in [0, 0.1) is 0 Å². The van der Waals surface area contributed by atoms with Gasteiger partial charge in [-0.2, -0.15) is 4.31 Å². The fraction of sp³-hybridized carbons (Fsp3) is 0.286. The molecule has 23 heavy (non-hydrogen) atoms. The van der Waals surface area contributed by atoms with Crippen molar-refractivity contribution in [2.45, 2.75) is 14.4 Å². The zero-order valence-corrected chi connectivity index (χ0v) is 14.7. The van der Waals surface area contributed by atoms with E-state index in [0.717, 1.165) is 11.3 Å². The van der Waals surface area contributed by atoms with Gasteiger partial charge in [0, 0.05) is 13.1 Å². The van der Waals surface area contributed by atoms with E-state index in [-0.39, 0.29) is 22.2 Å². The van der Waals surface area contributed by atoms with Gasteiger partial charge in [-0.15, -0.1) is 11.3 Å². The van der Waals surface area contributed by atoms with Crippen molar-refractivity contribution in [1.29, 1.82) is 0 Å². The standard InChI is InChI=1S/C14H15NO5S3/c1-20-11-4-6-12(7-5-11)22(16,17)13-9-15(10-13)23(18,19)14-3-2-8-21-14/h2-8,13H,9-10H2,1H3. The SMILES string of the molecule is COc1ccc(S(=O)(=O)C2CN(S(=O)(=O)c3cccs3)C2)cc1. The molecule has 0 radical (unpaired) electrons. The molecule has 124 valence electrons. The molecule has 1 aromatic carbocycles. The molecular formula is C14H15NO5S3. The number of nitrogens with zero attached hydrogens (tertiary/aromatic N) is 1. The van der Waals surface area contributed by atoms with E-state index in [4.69, 9.17) is 4.74 Å². The van der Waals surface area contributed by atoms with Crippen molar-refractivity contribution in [1.82, 2.24) is 4.31 Å². The molecule has 9 heteroatoms. The maximum atomic E-state index is 12.5. The summed E-state index contributed by atoms with van der Waals surface area (Å²) in [7, 11) is -5.62. The van der Waals surface area contributed by atoms with Crippen LogP contribution in [0.1, 0.15) is 0 Å². The van der Waals surface area contributed by atoms with E-state index in [1.54, 1.807) is 23.6 Å². The Balaban J connectivity index is 1.75. The van der Waals surface area contributed by atoms with Crippen LogP contribution in [0.25, 0.3) is 0 Å². The van der Waals surface area contributed by atoms with Crippen molar-refractivity contribution in [2.75, 3.05) is 20.2 Å². The maximum Gasteiger partial charge on any atom is 0.252 e. The number of methoxy groups -OCH3 is 1. The van der Waals surface area contributed by atoms with Crippen molar-refractivity contribution >= 4 is 31.2 Å². The van der Waals surface area contributed by atoms with Gasteiger partial charge in [-0.05, 0) is 35.7 Å². The van der Waals surface area contributed by atoms with Gasteiger partial charge in [0.25, 0.3) is 10.0 Å². The second kappa shape index (κ2) is 5.90. The molecule has 0 aliphatic carbocycles. The number of ether oxygens (including phenoxy) is 1. The van der Waals surface area contributed by atoms with E-state index in [0.29, 0.717) is 5.75 Å². The van der Waals surface area contributed by atoms with Crippen LogP contribution in [0.2, 0.25) is 0 Å². The molecule has 6 nitrogen and oxygen atoms in total. The highest BCUT2D eigenvalue weighted by Gasteiger charge is 2.44. The number of thiophene rings is 1. The molecule has 0 saturated carbocycles. The predicted molar refractivity (Wildman–Crippen MR) is 87.0 cm³/mol. The van der Waals surface area contributed by atoms with Crippen molar-refractivity contribution in [2.24, 2.45) is 0 Å². The second-order valence-corrected chi connectivity index (χ2v) is 10.4. The molecule has 0 amide bonds. The quantitative estimate of drug-likeness (QED) is 0.795. The number of hydrogen-bond acceptors (Lipinski definition) is 6. The van der Waals surface area contributed by atoms with Gasteiger partial charge in [-0.1, -0.05) is 6.07 Å². The largest absolute Gasteiger partial charge is 0.497 e. The summed E-state index contributed by atoms with van der Waals surface area (Å²) in [4.78, 5) is 0.177. The highest BCUT2D eigenvalue weighted by Crippen LogP contribution is 2.30. The van der Waals surface area contributed by atoms with E-state index in [2.05, 4.69) is 0 Å². The van der Waals surface area contributed by atoms with Gasteiger partial charge in [-0.3, -0.25) is 0 Å². The highest BCUT2D eigenvalue weighted by molar-refractivity contribution is 7.93. The third-order valence-corrected chi connectivity index (χ3v) is 9.04. The van der Waals surface area contributed by atoms with Crippen LogP contribution in [0.4, 0.5) is 0 Å². The average Bonchev–Trinajstić information content (AvgIpc) is 3.00. The van der Waals surface area contributed by atoms with Gasteiger partial charge in [0.2, 0.25) is 0 Å². The zero-order valence-electron chi connectivity index (χ0n) is 12.2. The molecule has 0 atom stereocenters. The summed E-state index contributed by atoms with van der Waals surface area (Å²) in [6.45, 7) is -0.0385. The van der Waals surface area contributed by atoms with E-state index in [9.17, 15) is 16.8 Å². The summed E-state index contributed by atoms with van der Waals surface area (Å²) in [6.07, 6.45) is 0. The average molecular weight is 373 g/mol. The Hall–Kier alpha value is -1.42. The maximum absolute atomic E-state index is 12.5. The molecule has 1 aromatic heterocycles. The Morgan fingerprint density at radius 3 is 2.26 bits per heavy atom. The number of rotatable bonds is 5. The first-order chi connectivity index (χ1) is 10.9. The minimum absolute atomic E-state index is 0.0193. The van der Waals surface area contributed by atoms with Crippen molar-refractivity contribution in [3.63, 3.8) is 0 Å². The third-order valence-electron chi connectivity index (χ3n) is 3.73. The normalized spacial score (nSPS) is 16.9. The first-order valence-electron chi connectivity index (χ1n) is 6.77. The molecular weight excluding hydrogens is 358 g/mol. The van der Waals surface area contributed by atoms with Crippen LogP contribution in [-0.4, -0.2) is 46.6 Å². The lowest BCUT2D eigenvalue weighted by molar-refractivity contribution is 0.310. The Labute approximate surface area is 139 Å². The van der Waals surface area contributed by atoms with Gasteiger partial charge >= 0.3 is 0 Å². The Morgan fingerprint density at radius 2 is 1.74 bits per heavy atom. The molecule has 2 heterocycles. The van der Waals surface area contributed by atoms with E-state index < -0.39 is 25.1 Å². The van der Waals surface area contributed by atoms with Crippen LogP contribution in [-0.2, 0) is 19.9 Å². The Kier molecular flexibility index (Phi) is 4.21. The molecule has 1 aliphatic rings. The lowest BCUT2D eigenvalue weighted by Crippen LogP contribution is -2.56. The van der Waals surface area contributed by atoms with Gasteiger partial charge in [0.1, 0.15) is 9.96 Å². The predicted octanol–water partition coefficient (Wildman–Crippen LogP) is 1.60. The Morgan fingerprint density at radius 1 is 1.09 bits per heavy atom. The Bertz CT molecular complexity index is 880. The number of benzene rings is 1. The van der Waals surface area contributed by atoms with E-state index >= 15 is 0 Å². The summed E-state index contributed by atoms with van der Waals surface area (Å²) < 4.78 is 56.1. The summed E-state index contributed by atoms with van der Waals surface area (Å²) in [5.74, 6) is 0.569. The lowest BCUT2D eigenvalue weighted by atomic mass is 10.3. The van der Waals surface area contributed by atoms with Crippen LogP contribution in [0.5, 0.6) is 5.75 Å². The van der Waals surface area contributed by atoms with Crippen LogP contribution in [0.3, 0.4) is 0 Å². The van der Waals surface area contributed by atoms with Gasteiger partial charge in [-0.25, -0.2) is 16.8 Å². The van der Waals surface area contributed by atoms with Crippen LogP contribution < -0.4 is 4.74 Å². The molecule has 1 fully saturated rings. The summed E-state index contributed by atoms with van der Waals surface area (Å²) in [5, 5.41) is 0.962. The fourth-order valence-electron chi connectivity index (χ4n) is 2.29. The molecule has 3 rings (SSSR count). The van der Waals surface area contributed by atoms with Gasteiger partial charge < -0.3 is 4.74 Å². The first-order valence-corrected chi connectivity index (χ1v) is 10.6. The topological polar surface area (TPSA) is 80.8 Å². The molecule has 1 aliphatic heterocycles. The fourth-order valence-corrected chi connectivity index (χ4v) is 6.81. The monoisotopic (exact) mass is 373 g/mol. The van der Waals surface area contributed by atoms with Crippen molar-refractivity contribution in [3.05, 3.63) is 41.8 Å². The van der Waals surface area contributed by atoms with E-state index in [1.807, 2.05) is 0 Å². The molecule has 0 spiro atoms. The van der Waals surface area contributed by atoms with Gasteiger partial charge in [0.15, 0.2) is 9.84 Å². The number of hydrogen-bond donors (Lipinski definition) is 0. The highest BCUT2D eigenvalue weighted by atomic mass is 32.2. The molecule has 2 aromatic rings. The summed E-state index contributed by atoms with van der Waals surface area (Å²) in [5.41, 5.74) is 0. The number of sulfone groups is 1. The van der Waals surface area contributed by atoms with Gasteiger partial charge in [0.05, 0.1) is 17.3 Å². The van der Waals surface area contributed by atoms with Crippen LogP contribution in [0.15, 0.2) is 50.9 Å². The molecule has 0 N–H and O–H groups in total. The second-order valence-electron chi connectivity index (χ2n) is 5.10. The minimum atomic E-state index is -3.58. The van der Waals surface area contributed by atoms with Crippen molar-refractivity contribution in [3.8, 4) is 5.75 Å². The minimum Gasteiger partial charge on any atom is -0.497 e. The lowest BCUT2D eigenvalue weighted by Gasteiger charge is -2.37. The molecule has 0 unspecified atom stereocenters. The first kappa shape index (κ1) is 16.4. The zero-order chi connectivity index (χ0) is 16.7.